The summed E-state index contributed by atoms with van der Waals surface area (Å²) in [7, 11) is 0. The molecule has 7 heteroatoms. The number of carbonyl (C=O) groups excluding carboxylic acids is 1. The summed E-state index contributed by atoms with van der Waals surface area (Å²) in [6.07, 6.45) is 6.48. The molecule has 1 aromatic carbocycles. The number of amides is 1. The molecule has 0 saturated carbocycles. The van der Waals surface area contributed by atoms with Crippen molar-refractivity contribution in [3.8, 4) is 11.1 Å². The minimum Gasteiger partial charge on any atom is -0.353 e. The molecule has 2 saturated heterocycles. The summed E-state index contributed by atoms with van der Waals surface area (Å²) in [5, 5.41) is 3.35. The summed E-state index contributed by atoms with van der Waals surface area (Å²) in [5.74, 6) is 1.31. The molecule has 4 heterocycles. The molecule has 0 aliphatic carbocycles. The monoisotopic (exact) mass is 449 g/mol. The Bertz CT molecular complexity index is 1060. The molecule has 0 unspecified atom stereocenters. The van der Waals surface area contributed by atoms with Crippen molar-refractivity contribution < 1.29 is 4.79 Å². The Morgan fingerprint density at radius 1 is 0.938 bits per heavy atom. The van der Waals surface area contributed by atoms with E-state index in [1.54, 1.807) is 17.7 Å². The van der Waals surface area contributed by atoms with Gasteiger partial charge in [-0.15, -0.1) is 11.3 Å². The van der Waals surface area contributed by atoms with Gasteiger partial charge in [-0.05, 0) is 25.3 Å². The van der Waals surface area contributed by atoms with Crippen LogP contribution in [0.3, 0.4) is 0 Å². The second-order valence-corrected chi connectivity index (χ2v) is 9.81. The number of carbonyl (C=O) groups is 1. The normalized spacial score (nSPS) is 18.2. The van der Waals surface area contributed by atoms with Gasteiger partial charge in [0.25, 0.3) is 0 Å². The quantitative estimate of drug-likeness (QED) is 0.598. The molecule has 0 atom stereocenters. The number of nitrogens with zero attached hydrogens (tertiary/aromatic N) is 5. The first-order valence-corrected chi connectivity index (χ1v) is 12.6. The van der Waals surface area contributed by atoms with E-state index < -0.39 is 0 Å². The maximum absolute atomic E-state index is 12.8. The van der Waals surface area contributed by atoms with Gasteiger partial charge in [-0.2, -0.15) is 0 Å². The maximum atomic E-state index is 12.8. The number of hydrogen-bond donors (Lipinski definition) is 0. The molecule has 0 bridgehead atoms. The lowest BCUT2D eigenvalue weighted by Gasteiger charge is -2.36. The molecule has 32 heavy (non-hydrogen) atoms. The molecular weight excluding hydrogens is 418 g/mol. The molecule has 2 aromatic heterocycles. The third-order valence-electron chi connectivity index (χ3n) is 6.70. The van der Waals surface area contributed by atoms with E-state index in [1.807, 2.05) is 0 Å². The van der Waals surface area contributed by atoms with Gasteiger partial charge in [-0.25, -0.2) is 9.97 Å². The molecule has 6 nitrogen and oxygen atoms in total. The molecule has 0 N–H and O–H groups in total. The van der Waals surface area contributed by atoms with Crippen molar-refractivity contribution in [1.82, 2.24) is 19.8 Å². The van der Waals surface area contributed by atoms with Crippen LogP contribution in [0.5, 0.6) is 0 Å². The predicted octanol–water partition coefficient (Wildman–Crippen LogP) is 4.19. The zero-order valence-electron chi connectivity index (χ0n) is 18.8. The van der Waals surface area contributed by atoms with Crippen molar-refractivity contribution in [2.75, 3.05) is 50.7 Å². The fraction of sp³-hybridized carbons (Fsp3) is 0.480. The van der Waals surface area contributed by atoms with Crippen LogP contribution >= 0.6 is 11.3 Å². The molecule has 2 aliphatic rings. The van der Waals surface area contributed by atoms with Gasteiger partial charge in [0, 0.05) is 50.2 Å². The Morgan fingerprint density at radius 3 is 2.38 bits per heavy atom. The largest absolute Gasteiger partial charge is 0.353 e. The Morgan fingerprint density at radius 2 is 1.66 bits per heavy atom. The third kappa shape index (κ3) is 4.50. The van der Waals surface area contributed by atoms with Crippen LogP contribution in [0, 0.1) is 6.92 Å². The number of aryl methyl sites for hydroxylation is 1. The fourth-order valence-corrected chi connectivity index (χ4v) is 5.68. The average molecular weight is 450 g/mol. The van der Waals surface area contributed by atoms with E-state index in [1.165, 1.54) is 29.5 Å². The Kier molecular flexibility index (Phi) is 6.37. The lowest BCUT2D eigenvalue weighted by atomic mass is 10.0. The SMILES string of the molecule is Cc1ccc(-c2csc3ncnc(N4CCN(CC(=O)N5CCCCCC5)CC4)c23)cc1. The van der Waals surface area contributed by atoms with Gasteiger partial charge in [0.15, 0.2) is 0 Å². The Labute approximate surface area is 193 Å². The molecule has 2 fully saturated rings. The minimum atomic E-state index is 0.296. The highest BCUT2D eigenvalue weighted by Crippen LogP contribution is 2.38. The van der Waals surface area contributed by atoms with Gasteiger partial charge >= 0.3 is 0 Å². The van der Waals surface area contributed by atoms with Crippen LogP contribution in [0.4, 0.5) is 5.82 Å². The van der Waals surface area contributed by atoms with Gasteiger partial charge in [-0.3, -0.25) is 9.69 Å². The van der Waals surface area contributed by atoms with Crippen molar-refractivity contribution in [2.45, 2.75) is 32.6 Å². The first-order chi connectivity index (χ1) is 15.7. The zero-order valence-corrected chi connectivity index (χ0v) is 19.6. The number of anilines is 1. The van der Waals surface area contributed by atoms with Crippen LogP contribution < -0.4 is 4.90 Å². The van der Waals surface area contributed by atoms with Crippen molar-refractivity contribution in [3.63, 3.8) is 0 Å². The van der Waals surface area contributed by atoms with Crippen molar-refractivity contribution in [1.29, 1.82) is 0 Å². The standard InChI is InChI=1S/C25H31N5OS/c1-19-6-8-20(9-7-19)21-17-32-25-23(21)24(26-18-27-25)30-14-12-28(13-15-30)16-22(31)29-10-4-2-3-5-11-29/h6-9,17-18H,2-5,10-16H2,1H3. The summed E-state index contributed by atoms with van der Waals surface area (Å²) in [6, 6.07) is 8.67. The fourth-order valence-electron chi connectivity index (χ4n) is 4.77. The van der Waals surface area contributed by atoms with E-state index in [0.717, 1.165) is 68.1 Å². The number of hydrogen-bond acceptors (Lipinski definition) is 6. The lowest BCUT2D eigenvalue weighted by Crippen LogP contribution is -2.50. The van der Waals surface area contributed by atoms with Crippen molar-refractivity contribution in [2.24, 2.45) is 0 Å². The number of benzene rings is 1. The van der Waals surface area contributed by atoms with Crippen molar-refractivity contribution >= 4 is 33.3 Å². The summed E-state index contributed by atoms with van der Waals surface area (Å²) in [4.78, 5) is 29.8. The summed E-state index contributed by atoms with van der Waals surface area (Å²) in [6.45, 7) is 8.03. The van der Waals surface area contributed by atoms with Crippen LogP contribution in [0.1, 0.15) is 31.2 Å². The van der Waals surface area contributed by atoms with E-state index in [0.29, 0.717) is 12.5 Å². The maximum Gasteiger partial charge on any atom is 0.236 e. The molecule has 0 radical (unpaired) electrons. The zero-order chi connectivity index (χ0) is 21.9. The van der Waals surface area contributed by atoms with E-state index in [2.05, 4.69) is 56.3 Å². The number of thiophene rings is 1. The van der Waals surface area contributed by atoms with Crippen LogP contribution in [-0.2, 0) is 4.79 Å². The number of piperazine rings is 1. The van der Waals surface area contributed by atoms with Crippen LogP contribution in [0.25, 0.3) is 21.3 Å². The summed E-state index contributed by atoms with van der Waals surface area (Å²) < 4.78 is 0. The van der Waals surface area contributed by atoms with Gasteiger partial charge in [0.1, 0.15) is 17.0 Å². The van der Waals surface area contributed by atoms with E-state index in [4.69, 9.17) is 4.98 Å². The number of aromatic nitrogens is 2. The molecule has 0 spiro atoms. The van der Waals surface area contributed by atoms with Gasteiger partial charge in [0.05, 0.1) is 11.9 Å². The first kappa shape index (κ1) is 21.3. The molecule has 2 aliphatic heterocycles. The molecular formula is C25H31N5OS. The van der Waals surface area contributed by atoms with Gasteiger partial charge < -0.3 is 9.80 Å². The third-order valence-corrected chi connectivity index (χ3v) is 7.59. The molecule has 3 aromatic rings. The van der Waals surface area contributed by atoms with Gasteiger partial charge in [0.2, 0.25) is 5.91 Å². The molecule has 5 rings (SSSR count). The predicted molar refractivity (Wildman–Crippen MR) is 131 cm³/mol. The molecule has 1 amide bonds. The minimum absolute atomic E-state index is 0.296. The van der Waals surface area contributed by atoms with E-state index >= 15 is 0 Å². The Hall–Kier alpha value is -2.51. The first-order valence-electron chi connectivity index (χ1n) is 11.7. The average Bonchev–Trinajstić information content (AvgIpc) is 3.06. The highest BCUT2D eigenvalue weighted by molar-refractivity contribution is 7.17. The van der Waals surface area contributed by atoms with Crippen LogP contribution in [-0.4, -0.2) is 71.5 Å². The number of likely N-dealkylation sites (tertiary alicyclic amines) is 1. The van der Waals surface area contributed by atoms with E-state index in [9.17, 15) is 4.79 Å². The Balaban J connectivity index is 1.29. The lowest BCUT2D eigenvalue weighted by molar-refractivity contribution is -0.132. The second-order valence-electron chi connectivity index (χ2n) is 8.95. The number of fused-ring (bicyclic) bond motifs is 1. The van der Waals surface area contributed by atoms with Crippen LogP contribution in [0.15, 0.2) is 36.0 Å². The van der Waals surface area contributed by atoms with E-state index in [-0.39, 0.29) is 0 Å². The van der Waals surface area contributed by atoms with Crippen molar-refractivity contribution in [3.05, 3.63) is 41.5 Å². The second kappa shape index (κ2) is 9.55. The number of rotatable bonds is 4. The summed E-state index contributed by atoms with van der Waals surface area (Å²) >= 11 is 1.68. The topological polar surface area (TPSA) is 52.6 Å². The highest BCUT2D eigenvalue weighted by Gasteiger charge is 2.25. The highest BCUT2D eigenvalue weighted by atomic mass is 32.1. The smallest absolute Gasteiger partial charge is 0.236 e. The van der Waals surface area contributed by atoms with Gasteiger partial charge in [-0.1, -0.05) is 42.7 Å². The molecule has 168 valence electrons. The van der Waals surface area contributed by atoms with Crippen LogP contribution in [0.2, 0.25) is 0 Å². The summed E-state index contributed by atoms with van der Waals surface area (Å²) in [5.41, 5.74) is 3.68.